The highest BCUT2D eigenvalue weighted by Crippen LogP contribution is 2.54. The molecule has 0 aromatic heterocycles. The number of esters is 1. The lowest BCUT2D eigenvalue weighted by Crippen LogP contribution is -2.68. The molecule has 1 aliphatic carbocycles. The molecule has 3 atom stereocenters. The Labute approximate surface area is 208 Å². The number of carbonyl (C=O) groups excluding carboxylic acids is 2. The summed E-state index contributed by atoms with van der Waals surface area (Å²) in [7, 11) is 2.06. The van der Waals surface area contributed by atoms with Crippen molar-refractivity contribution in [3.8, 4) is 5.75 Å². The van der Waals surface area contributed by atoms with Gasteiger partial charge in [0, 0.05) is 37.0 Å². The number of rotatable bonds is 6. The van der Waals surface area contributed by atoms with Gasteiger partial charge < -0.3 is 19.6 Å². The normalized spacial score (nSPS) is 26.7. The summed E-state index contributed by atoms with van der Waals surface area (Å²) in [5.74, 6) is 0.275. The highest BCUT2D eigenvalue weighted by Gasteiger charge is 2.61. The van der Waals surface area contributed by atoms with E-state index in [1.54, 1.807) is 6.07 Å². The topological polar surface area (TPSA) is 70.1 Å². The van der Waals surface area contributed by atoms with Gasteiger partial charge in [0.2, 0.25) is 0 Å². The molecule has 2 fully saturated rings. The molecule has 0 bridgehead atoms. The molecule has 1 heterocycles. The van der Waals surface area contributed by atoms with E-state index in [1.165, 1.54) is 6.92 Å². The Bertz CT molecular complexity index is 1060. The molecular formula is C29H38N2O4. The number of amides is 1. The van der Waals surface area contributed by atoms with E-state index in [0.717, 1.165) is 24.9 Å². The lowest BCUT2D eigenvalue weighted by molar-refractivity contribution is -0.187. The Kier molecular flexibility index (Phi) is 7.22. The predicted octanol–water partition coefficient (Wildman–Crippen LogP) is 4.62. The SMILES string of the molecule is CC(=O)O[C@]12CC[C@@H](N(CC(C)C)C(=O)c3ccccc3)C[C@]1(c1cccc(O)c1)CCN(C)C2. The summed E-state index contributed by atoms with van der Waals surface area (Å²) in [6, 6.07) is 16.9. The number of nitrogens with zero attached hydrogens (tertiary/aromatic N) is 2. The average Bonchev–Trinajstić information content (AvgIpc) is 2.82. The molecule has 1 N–H and O–H groups in total. The molecular weight excluding hydrogens is 440 g/mol. The Morgan fingerprint density at radius 2 is 1.89 bits per heavy atom. The molecule has 1 amide bonds. The third-order valence-electron chi connectivity index (χ3n) is 7.81. The fourth-order valence-electron chi connectivity index (χ4n) is 6.38. The second-order valence-electron chi connectivity index (χ2n) is 10.8. The fourth-order valence-corrected chi connectivity index (χ4v) is 6.38. The van der Waals surface area contributed by atoms with Crippen molar-refractivity contribution < 1.29 is 19.4 Å². The lowest BCUT2D eigenvalue weighted by atomic mass is 9.55. The van der Waals surface area contributed by atoms with Crippen molar-refractivity contribution in [1.82, 2.24) is 9.80 Å². The maximum atomic E-state index is 13.7. The van der Waals surface area contributed by atoms with E-state index in [-0.39, 0.29) is 23.7 Å². The van der Waals surface area contributed by atoms with Crippen molar-refractivity contribution in [3.05, 3.63) is 65.7 Å². The van der Waals surface area contributed by atoms with Crippen LogP contribution in [0.15, 0.2) is 54.6 Å². The molecule has 0 radical (unpaired) electrons. The number of carbonyl (C=O) groups is 2. The van der Waals surface area contributed by atoms with E-state index >= 15 is 0 Å². The maximum absolute atomic E-state index is 13.7. The fraction of sp³-hybridized carbons (Fsp3) is 0.517. The van der Waals surface area contributed by atoms with Gasteiger partial charge in [-0.1, -0.05) is 44.2 Å². The summed E-state index contributed by atoms with van der Waals surface area (Å²) in [6.07, 6.45) is 2.88. The van der Waals surface area contributed by atoms with Crippen LogP contribution >= 0.6 is 0 Å². The second-order valence-corrected chi connectivity index (χ2v) is 10.8. The summed E-state index contributed by atoms with van der Waals surface area (Å²) < 4.78 is 6.24. The summed E-state index contributed by atoms with van der Waals surface area (Å²) >= 11 is 0. The number of phenols is 1. The van der Waals surface area contributed by atoms with Crippen molar-refractivity contribution in [1.29, 1.82) is 0 Å². The van der Waals surface area contributed by atoms with Crippen LogP contribution in [0.4, 0.5) is 0 Å². The van der Waals surface area contributed by atoms with Gasteiger partial charge in [-0.3, -0.25) is 9.59 Å². The van der Waals surface area contributed by atoms with Crippen LogP contribution in [0.2, 0.25) is 0 Å². The van der Waals surface area contributed by atoms with Crippen LogP contribution in [-0.4, -0.2) is 65.1 Å². The van der Waals surface area contributed by atoms with Gasteiger partial charge in [-0.25, -0.2) is 0 Å². The minimum absolute atomic E-state index is 0.000422. The third kappa shape index (κ3) is 4.94. The van der Waals surface area contributed by atoms with Gasteiger partial charge in [0.15, 0.2) is 0 Å². The minimum Gasteiger partial charge on any atom is -0.508 e. The molecule has 6 heteroatoms. The van der Waals surface area contributed by atoms with Gasteiger partial charge in [0.05, 0.1) is 0 Å². The van der Waals surface area contributed by atoms with Crippen molar-refractivity contribution in [2.45, 2.75) is 63.5 Å². The van der Waals surface area contributed by atoms with Crippen LogP contribution in [-0.2, 0) is 14.9 Å². The summed E-state index contributed by atoms with van der Waals surface area (Å²) in [5.41, 5.74) is 0.460. The van der Waals surface area contributed by atoms with Crippen LogP contribution in [0.25, 0.3) is 0 Å². The van der Waals surface area contributed by atoms with Gasteiger partial charge in [0.25, 0.3) is 5.91 Å². The summed E-state index contributed by atoms with van der Waals surface area (Å²) in [6.45, 7) is 7.89. The molecule has 1 aliphatic heterocycles. The zero-order valence-electron chi connectivity index (χ0n) is 21.4. The number of ether oxygens (including phenoxy) is 1. The first-order valence-electron chi connectivity index (χ1n) is 12.7. The predicted molar refractivity (Wildman–Crippen MR) is 136 cm³/mol. The summed E-state index contributed by atoms with van der Waals surface area (Å²) in [5, 5.41) is 10.4. The van der Waals surface area contributed by atoms with E-state index in [4.69, 9.17) is 4.74 Å². The minimum atomic E-state index is -0.713. The van der Waals surface area contributed by atoms with Crippen molar-refractivity contribution >= 4 is 11.9 Å². The van der Waals surface area contributed by atoms with Crippen LogP contribution in [0, 0.1) is 5.92 Å². The van der Waals surface area contributed by atoms with Gasteiger partial charge in [-0.15, -0.1) is 0 Å². The molecule has 1 saturated carbocycles. The molecule has 2 aromatic carbocycles. The zero-order valence-corrected chi connectivity index (χ0v) is 21.4. The number of fused-ring (bicyclic) bond motifs is 1. The molecule has 4 rings (SSSR count). The van der Waals surface area contributed by atoms with Crippen molar-refractivity contribution in [2.24, 2.45) is 5.92 Å². The Morgan fingerprint density at radius 1 is 1.14 bits per heavy atom. The highest BCUT2D eigenvalue weighted by atomic mass is 16.6. The van der Waals surface area contributed by atoms with Crippen LogP contribution in [0.1, 0.15) is 62.4 Å². The Hall–Kier alpha value is -2.86. The van der Waals surface area contributed by atoms with E-state index in [2.05, 4.69) is 25.8 Å². The standard InChI is InChI=1S/C29H38N2O4/c1-21(2)19-31(27(34)23-9-6-5-7-10-23)25-13-14-29(35-22(3)32)20-30(4)16-15-28(29,18-25)24-11-8-12-26(33)17-24/h5-12,17,21,25,33H,13-16,18-20H2,1-4H3/t25-,28+,29+/m1/s1. The number of likely N-dealkylation sites (tertiary alicyclic amines) is 1. The number of aromatic hydroxyl groups is 1. The smallest absolute Gasteiger partial charge is 0.303 e. The number of phenolic OH excluding ortho intramolecular Hbond substituents is 1. The average molecular weight is 479 g/mol. The van der Waals surface area contributed by atoms with Crippen molar-refractivity contribution in [3.63, 3.8) is 0 Å². The molecule has 2 aromatic rings. The first kappa shape index (κ1) is 25.2. The number of hydrogen-bond donors (Lipinski definition) is 1. The Balaban J connectivity index is 1.79. The largest absolute Gasteiger partial charge is 0.508 e. The maximum Gasteiger partial charge on any atom is 0.303 e. The van der Waals surface area contributed by atoms with E-state index in [0.29, 0.717) is 37.4 Å². The van der Waals surface area contributed by atoms with Crippen LogP contribution in [0.5, 0.6) is 5.75 Å². The van der Waals surface area contributed by atoms with E-state index in [9.17, 15) is 14.7 Å². The molecule has 0 unspecified atom stereocenters. The molecule has 0 spiro atoms. The number of hydrogen-bond acceptors (Lipinski definition) is 5. The third-order valence-corrected chi connectivity index (χ3v) is 7.81. The monoisotopic (exact) mass is 478 g/mol. The van der Waals surface area contributed by atoms with Gasteiger partial charge in [-0.05, 0) is 75.0 Å². The van der Waals surface area contributed by atoms with Gasteiger partial charge in [0.1, 0.15) is 11.4 Å². The highest BCUT2D eigenvalue weighted by molar-refractivity contribution is 5.94. The van der Waals surface area contributed by atoms with Crippen LogP contribution < -0.4 is 0 Å². The first-order valence-corrected chi connectivity index (χ1v) is 12.7. The van der Waals surface area contributed by atoms with E-state index < -0.39 is 11.0 Å². The second kappa shape index (κ2) is 10.0. The molecule has 188 valence electrons. The number of benzene rings is 2. The number of likely N-dealkylation sites (N-methyl/N-ethyl adjacent to an activating group) is 1. The van der Waals surface area contributed by atoms with Crippen LogP contribution in [0.3, 0.4) is 0 Å². The zero-order chi connectivity index (χ0) is 25.2. The van der Waals surface area contributed by atoms with Crippen molar-refractivity contribution in [2.75, 3.05) is 26.7 Å². The number of piperidine rings is 1. The molecule has 1 saturated heterocycles. The molecule has 2 aliphatic rings. The lowest BCUT2D eigenvalue weighted by Gasteiger charge is -2.60. The van der Waals surface area contributed by atoms with Gasteiger partial charge in [-0.2, -0.15) is 0 Å². The first-order chi connectivity index (χ1) is 16.7. The van der Waals surface area contributed by atoms with E-state index in [1.807, 2.05) is 53.4 Å². The quantitative estimate of drug-likeness (QED) is 0.614. The Morgan fingerprint density at radius 3 is 2.54 bits per heavy atom. The molecule has 6 nitrogen and oxygen atoms in total. The van der Waals surface area contributed by atoms with Gasteiger partial charge >= 0.3 is 5.97 Å². The summed E-state index contributed by atoms with van der Waals surface area (Å²) in [4.78, 5) is 30.4. The molecule has 35 heavy (non-hydrogen) atoms.